The monoisotopic (exact) mass is 243 g/mol. The Morgan fingerprint density at radius 1 is 1.41 bits per heavy atom. The van der Waals surface area contributed by atoms with Gasteiger partial charge in [-0.1, -0.05) is 13.8 Å². The molecular weight excluding hydrogens is 222 g/mol. The number of rotatable bonds is 2. The smallest absolute Gasteiger partial charge is 0.410 e. The second kappa shape index (κ2) is 4.94. The number of hydrogen-bond donors (Lipinski definition) is 1. The summed E-state index contributed by atoms with van der Waals surface area (Å²) in [7, 11) is 0. The Hall–Kier alpha value is -1.26. The summed E-state index contributed by atoms with van der Waals surface area (Å²) >= 11 is 0. The number of carboxylic acid groups (broad SMARTS) is 1. The van der Waals surface area contributed by atoms with Crippen LogP contribution in [0.4, 0.5) is 4.79 Å². The van der Waals surface area contributed by atoms with Crippen LogP contribution in [-0.2, 0) is 9.53 Å². The van der Waals surface area contributed by atoms with E-state index in [0.29, 0.717) is 6.54 Å². The van der Waals surface area contributed by atoms with Gasteiger partial charge in [-0.25, -0.2) is 9.59 Å². The molecular formula is C12H21NO4. The maximum atomic E-state index is 11.9. The van der Waals surface area contributed by atoms with Crippen LogP contribution >= 0.6 is 0 Å². The van der Waals surface area contributed by atoms with E-state index >= 15 is 0 Å². The van der Waals surface area contributed by atoms with Crippen molar-refractivity contribution < 1.29 is 19.4 Å². The van der Waals surface area contributed by atoms with Gasteiger partial charge in [-0.2, -0.15) is 0 Å². The molecule has 98 valence electrons. The molecule has 0 aromatic heterocycles. The fourth-order valence-corrected chi connectivity index (χ4v) is 2.33. The number of likely N-dealkylation sites (tertiary alicyclic amines) is 1. The molecule has 1 aliphatic rings. The summed E-state index contributed by atoms with van der Waals surface area (Å²) in [5, 5.41) is 9.28. The number of piperidine rings is 1. The second-order valence-corrected chi connectivity index (χ2v) is 5.46. The lowest BCUT2D eigenvalue weighted by molar-refractivity contribution is -0.149. The predicted octanol–water partition coefficient (Wildman–Crippen LogP) is 2.11. The molecule has 1 heterocycles. The lowest BCUT2D eigenvalue weighted by atomic mass is 9.76. The van der Waals surface area contributed by atoms with E-state index in [2.05, 4.69) is 0 Å². The van der Waals surface area contributed by atoms with Gasteiger partial charge in [-0.05, 0) is 32.1 Å². The van der Waals surface area contributed by atoms with Gasteiger partial charge < -0.3 is 9.84 Å². The fraction of sp³-hybridized carbons (Fsp3) is 0.833. The highest BCUT2D eigenvalue weighted by atomic mass is 16.6. The van der Waals surface area contributed by atoms with Gasteiger partial charge in [0.2, 0.25) is 0 Å². The molecule has 0 saturated carbocycles. The number of carboxylic acids is 1. The summed E-state index contributed by atoms with van der Waals surface area (Å²) in [6, 6.07) is -0.803. The quantitative estimate of drug-likeness (QED) is 0.806. The third kappa shape index (κ3) is 3.11. The topological polar surface area (TPSA) is 66.8 Å². The molecule has 0 aromatic carbocycles. The summed E-state index contributed by atoms with van der Waals surface area (Å²) in [6.45, 7) is 7.71. The Labute approximate surface area is 102 Å². The zero-order chi connectivity index (χ0) is 13.2. The average molecular weight is 243 g/mol. The normalized spacial score (nSPS) is 23.6. The third-order valence-corrected chi connectivity index (χ3v) is 3.08. The van der Waals surface area contributed by atoms with Crippen molar-refractivity contribution in [3.63, 3.8) is 0 Å². The Kier molecular flexibility index (Phi) is 4.01. The number of nitrogens with zero attached hydrogens (tertiary/aromatic N) is 1. The molecule has 1 atom stereocenters. The predicted molar refractivity (Wildman–Crippen MR) is 62.8 cm³/mol. The minimum atomic E-state index is -0.963. The van der Waals surface area contributed by atoms with E-state index in [1.165, 1.54) is 4.90 Å². The fourth-order valence-electron chi connectivity index (χ4n) is 2.33. The van der Waals surface area contributed by atoms with Crippen molar-refractivity contribution in [3.8, 4) is 0 Å². The van der Waals surface area contributed by atoms with Gasteiger partial charge in [0.15, 0.2) is 0 Å². The molecule has 0 bridgehead atoms. The van der Waals surface area contributed by atoms with Crippen LogP contribution in [0.3, 0.4) is 0 Å². The van der Waals surface area contributed by atoms with Crippen molar-refractivity contribution in [2.45, 2.75) is 52.7 Å². The van der Waals surface area contributed by atoms with Gasteiger partial charge in [0.05, 0.1) is 6.10 Å². The van der Waals surface area contributed by atoms with Crippen molar-refractivity contribution in [1.82, 2.24) is 4.90 Å². The molecule has 0 radical (unpaired) electrons. The third-order valence-electron chi connectivity index (χ3n) is 3.08. The molecule has 1 unspecified atom stereocenters. The Morgan fingerprint density at radius 3 is 2.47 bits per heavy atom. The molecule has 1 fully saturated rings. The van der Waals surface area contributed by atoms with Crippen LogP contribution in [0.1, 0.15) is 40.5 Å². The van der Waals surface area contributed by atoms with E-state index in [1.54, 1.807) is 13.8 Å². The van der Waals surface area contributed by atoms with E-state index in [9.17, 15) is 14.7 Å². The summed E-state index contributed by atoms with van der Waals surface area (Å²) in [5.74, 6) is -0.963. The summed E-state index contributed by atoms with van der Waals surface area (Å²) in [4.78, 5) is 24.5. The molecule has 1 amide bonds. The van der Waals surface area contributed by atoms with Crippen LogP contribution in [0, 0.1) is 5.41 Å². The van der Waals surface area contributed by atoms with Crippen LogP contribution in [0.25, 0.3) is 0 Å². The van der Waals surface area contributed by atoms with Crippen molar-refractivity contribution >= 4 is 12.1 Å². The lowest BCUT2D eigenvalue weighted by Gasteiger charge is -2.43. The second-order valence-electron chi connectivity index (χ2n) is 5.46. The van der Waals surface area contributed by atoms with E-state index in [4.69, 9.17) is 4.74 Å². The van der Waals surface area contributed by atoms with Crippen LogP contribution in [-0.4, -0.2) is 40.8 Å². The van der Waals surface area contributed by atoms with E-state index < -0.39 is 23.5 Å². The molecule has 5 nitrogen and oxygen atoms in total. The summed E-state index contributed by atoms with van der Waals surface area (Å²) < 4.78 is 5.09. The SMILES string of the molecule is CC(C)OC(=O)N1CCCC(C)(C)C1C(=O)O. The van der Waals surface area contributed by atoms with E-state index in [-0.39, 0.29) is 6.10 Å². The summed E-state index contributed by atoms with van der Waals surface area (Å²) in [5.41, 5.74) is -0.417. The van der Waals surface area contributed by atoms with Gasteiger partial charge in [0.25, 0.3) is 0 Å². The van der Waals surface area contributed by atoms with Crippen molar-refractivity contribution in [2.24, 2.45) is 5.41 Å². The van der Waals surface area contributed by atoms with Gasteiger partial charge in [0, 0.05) is 6.54 Å². The Morgan fingerprint density at radius 2 is 2.00 bits per heavy atom. The molecule has 0 spiro atoms. The van der Waals surface area contributed by atoms with Gasteiger partial charge in [-0.3, -0.25) is 4.90 Å². The number of amides is 1. The summed E-state index contributed by atoms with van der Waals surface area (Å²) in [6.07, 6.45) is 0.849. The first-order valence-corrected chi connectivity index (χ1v) is 5.96. The van der Waals surface area contributed by atoms with Gasteiger partial charge >= 0.3 is 12.1 Å². The average Bonchev–Trinajstić information content (AvgIpc) is 2.13. The highest BCUT2D eigenvalue weighted by molar-refractivity contribution is 5.81. The van der Waals surface area contributed by atoms with Gasteiger partial charge in [0.1, 0.15) is 6.04 Å². The lowest BCUT2D eigenvalue weighted by Crippen LogP contribution is -2.56. The number of carbonyl (C=O) groups excluding carboxylic acids is 1. The van der Waals surface area contributed by atoms with Crippen LogP contribution in [0.2, 0.25) is 0 Å². The minimum absolute atomic E-state index is 0.234. The first kappa shape index (κ1) is 13.8. The highest BCUT2D eigenvalue weighted by Gasteiger charge is 2.45. The van der Waals surface area contributed by atoms with Crippen molar-refractivity contribution in [2.75, 3.05) is 6.54 Å². The molecule has 1 rings (SSSR count). The number of carbonyl (C=O) groups is 2. The molecule has 0 aromatic rings. The Bertz CT molecular complexity index is 312. The Balaban J connectivity index is 2.88. The largest absolute Gasteiger partial charge is 0.480 e. The molecule has 1 saturated heterocycles. The number of aliphatic carboxylic acids is 1. The molecule has 5 heteroatoms. The minimum Gasteiger partial charge on any atom is -0.480 e. The van der Waals surface area contributed by atoms with Crippen LogP contribution in [0.15, 0.2) is 0 Å². The van der Waals surface area contributed by atoms with E-state index in [0.717, 1.165) is 12.8 Å². The molecule has 0 aliphatic carbocycles. The highest BCUT2D eigenvalue weighted by Crippen LogP contribution is 2.35. The zero-order valence-corrected chi connectivity index (χ0v) is 10.9. The first-order chi connectivity index (χ1) is 7.75. The van der Waals surface area contributed by atoms with Gasteiger partial charge in [-0.15, -0.1) is 0 Å². The number of hydrogen-bond acceptors (Lipinski definition) is 3. The first-order valence-electron chi connectivity index (χ1n) is 5.96. The molecule has 1 aliphatic heterocycles. The maximum absolute atomic E-state index is 11.9. The molecule has 1 N–H and O–H groups in total. The van der Waals surface area contributed by atoms with Crippen molar-refractivity contribution in [1.29, 1.82) is 0 Å². The van der Waals surface area contributed by atoms with Crippen LogP contribution < -0.4 is 0 Å². The maximum Gasteiger partial charge on any atom is 0.410 e. The van der Waals surface area contributed by atoms with E-state index in [1.807, 2.05) is 13.8 Å². The van der Waals surface area contributed by atoms with Crippen LogP contribution in [0.5, 0.6) is 0 Å². The van der Waals surface area contributed by atoms with Crippen molar-refractivity contribution in [3.05, 3.63) is 0 Å². The molecule has 17 heavy (non-hydrogen) atoms. The zero-order valence-electron chi connectivity index (χ0n) is 10.9. The standard InChI is InChI=1S/C12H21NO4/c1-8(2)17-11(16)13-7-5-6-12(3,4)9(13)10(14)15/h8-9H,5-7H2,1-4H3,(H,14,15). The number of ether oxygens (including phenoxy) is 1.